The van der Waals surface area contributed by atoms with E-state index in [1.165, 1.54) is 18.4 Å². The SMILES string of the molecule is COCC(C)NC(N)=NCC1(c2cccc(OC)c2)CCCC1.I. The third-order valence-corrected chi connectivity index (χ3v) is 4.61. The van der Waals surface area contributed by atoms with Crippen LogP contribution in [0.15, 0.2) is 29.3 Å². The second-order valence-electron chi connectivity index (χ2n) is 6.42. The monoisotopic (exact) mass is 447 g/mol. The Morgan fingerprint density at radius 2 is 2.04 bits per heavy atom. The molecule has 3 N–H and O–H groups in total. The average Bonchev–Trinajstić information content (AvgIpc) is 3.03. The first-order chi connectivity index (χ1) is 11.1. The number of hydrogen-bond donors (Lipinski definition) is 2. The van der Waals surface area contributed by atoms with Crippen LogP contribution in [0.4, 0.5) is 0 Å². The summed E-state index contributed by atoms with van der Waals surface area (Å²) in [5, 5.41) is 3.17. The van der Waals surface area contributed by atoms with E-state index >= 15 is 0 Å². The molecule has 24 heavy (non-hydrogen) atoms. The van der Waals surface area contributed by atoms with Crippen molar-refractivity contribution in [2.24, 2.45) is 10.7 Å². The van der Waals surface area contributed by atoms with Crippen LogP contribution < -0.4 is 15.8 Å². The highest BCUT2D eigenvalue weighted by atomic mass is 127. The van der Waals surface area contributed by atoms with Gasteiger partial charge in [-0.25, -0.2) is 0 Å². The lowest BCUT2D eigenvalue weighted by Gasteiger charge is -2.28. The number of nitrogens with two attached hydrogens (primary N) is 1. The Morgan fingerprint density at radius 3 is 2.67 bits per heavy atom. The number of nitrogens with zero attached hydrogens (tertiary/aromatic N) is 1. The minimum Gasteiger partial charge on any atom is -0.497 e. The van der Waals surface area contributed by atoms with Crippen molar-refractivity contribution < 1.29 is 9.47 Å². The van der Waals surface area contributed by atoms with E-state index in [1.54, 1.807) is 14.2 Å². The van der Waals surface area contributed by atoms with E-state index < -0.39 is 0 Å². The summed E-state index contributed by atoms with van der Waals surface area (Å²) in [5.74, 6) is 1.39. The minimum atomic E-state index is 0. The van der Waals surface area contributed by atoms with Crippen molar-refractivity contribution in [3.05, 3.63) is 29.8 Å². The van der Waals surface area contributed by atoms with Crippen LogP contribution in [0.5, 0.6) is 5.75 Å². The molecule has 1 saturated carbocycles. The third-order valence-electron chi connectivity index (χ3n) is 4.61. The maximum absolute atomic E-state index is 6.03. The molecular weight excluding hydrogens is 417 g/mol. The maximum Gasteiger partial charge on any atom is 0.188 e. The van der Waals surface area contributed by atoms with Crippen LogP contribution in [-0.2, 0) is 10.2 Å². The van der Waals surface area contributed by atoms with Crippen molar-refractivity contribution in [3.8, 4) is 5.75 Å². The first-order valence-electron chi connectivity index (χ1n) is 8.29. The van der Waals surface area contributed by atoms with Gasteiger partial charge in [-0.15, -0.1) is 24.0 Å². The second-order valence-corrected chi connectivity index (χ2v) is 6.42. The van der Waals surface area contributed by atoms with Gasteiger partial charge in [0.2, 0.25) is 0 Å². The number of aliphatic imine (C=N–C) groups is 1. The Morgan fingerprint density at radius 1 is 1.33 bits per heavy atom. The quantitative estimate of drug-likeness (QED) is 0.383. The lowest BCUT2D eigenvalue weighted by Crippen LogP contribution is -2.41. The topological polar surface area (TPSA) is 68.9 Å². The van der Waals surface area contributed by atoms with Crippen LogP contribution in [0.2, 0.25) is 0 Å². The van der Waals surface area contributed by atoms with Crippen LogP contribution in [0.3, 0.4) is 0 Å². The normalized spacial score (nSPS) is 17.9. The highest BCUT2D eigenvalue weighted by Gasteiger charge is 2.35. The summed E-state index contributed by atoms with van der Waals surface area (Å²) < 4.78 is 10.5. The van der Waals surface area contributed by atoms with E-state index in [4.69, 9.17) is 15.2 Å². The molecule has 1 unspecified atom stereocenters. The summed E-state index contributed by atoms with van der Waals surface area (Å²) in [6.45, 7) is 3.34. The zero-order valence-corrected chi connectivity index (χ0v) is 17.2. The van der Waals surface area contributed by atoms with Crippen LogP contribution >= 0.6 is 24.0 Å². The first-order valence-corrected chi connectivity index (χ1v) is 8.29. The molecule has 0 heterocycles. The number of benzene rings is 1. The summed E-state index contributed by atoms with van der Waals surface area (Å²) in [7, 11) is 3.39. The lowest BCUT2D eigenvalue weighted by atomic mass is 9.79. The van der Waals surface area contributed by atoms with Crippen LogP contribution in [0.1, 0.15) is 38.2 Å². The lowest BCUT2D eigenvalue weighted by molar-refractivity contribution is 0.179. The van der Waals surface area contributed by atoms with Gasteiger partial charge in [-0.3, -0.25) is 4.99 Å². The molecule has 5 nitrogen and oxygen atoms in total. The van der Waals surface area contributed by atoms with Gasteiger partial charge in [0.05, 0.1) is 20.3 Å². The molecule has 0 aromatic heterocycles. The number of hydrogen-bond acceptors (Lipinski definition) is 3. The summed E-state index contributed by atoms with van der Waals surface area (Å²) in [6.07, 6.45) is 4.76. The van der Waals surface area contributed by atoms with Crippen molar-refractivity contribution in [1.29, 1.82) is 0 Å². The molecule has 0 aliphatic heterocycles. The van der Waals surface area contributed by atoms with Gasteiger partial charge in [-0.05, 0) is 37.5 Å². The van der Waals surface area contributed by atoms with Crippen molar-refractivity contribution in [3.63, 3.8) is 0 Å². The zero-order valence-electron chi connectivity index (χ0n) is 14.9. The fourth-order valence-electron chi connectivity index (χ4n) is 3.37. The standard InChI is InChI=1S/C18H29N3O2.HI/c1-14(12-22-2)21-17(19)20-13-18(9-4-5-10-18)15-7-6-8-16(11-15)23-3;/h6-8,11,14H,4-5,9-10,12-13H2,1-3H3,(H3,19,20,21);1H. The van der Waals surface area contributed by atoms with Gasteiger partial charge < -0.3 is 20.5 Å². The van der Waals surface area contributed by atoms with E-state index in [9.17, 15) is 0 Å². The molecule has 136 valence electrons. The Kier molecular flexibility index (Phi) is 8.83. The van der Waals surface area contributed by atoms with Crippen molar-refractivity contribution in [1.82, 2.24) is 5.32 Å². The van der Waals surface area contributed by atoms with Gasteiger partial charge in [-0.1, -0.05) is 25.0 Å². The molecule has 2 rings (SSSR count). The van der Waals surface area contributed by atoms with E-state index in [0.29, 0.717) is 19.1 Å². The van der Waals surface area contributed by atoms with Gasteiger partial charge in [0.1, 0.15) is 5.75 Å². The van der Waals surface area contributed by atoms with Crippen LogP contribution in [-0.4, -0.2) is 39.4 Å². The molecule has 0 bridgehead atoms. The molecule has 0 amide bonds. The van der Waals surface area contributed by atoms with Crippen LogP contribution in [0.25, 0.3) is 0 Å². The number of nitrogens with one attached hydrogen (secondary N) is 1. The Labute approximate surface area is 162 Å². The van der Waals surface area contributed by atoms with Gasteiger partial charge >= 0.3 is 0 Å². The zero-order chi connectivity index (χ0) is 16.7. The van der Waals surface area contributed by atoms with Crippen LogP contribution in [0, 0.1) is 0 Å². The number of rotatable bonds is 7. The third kappa shape index (κ3) is 5.51. The van der Waals surface area contributed by atoms with Gasteiger partial charge in [-0.2, -0.15) is 0 Å². The molecule has 0 radical (unpaired) electrons. The number of halogens is 1. The molecule has 1 aromatic carbocycles. The second kappa shape index (κ2) is 10.1. The minimum absolute atomic E-state index is 0. The fourth-order valence-corrected chi connectivity index (χ4v) is 3.37. The van der Waals surface area contributed by atoms with Crippen molar-refractivity contribution in [2.45, 2.75) is 44.1 Å². The predicted molar refractivity (Wildman–Crippen MR) is 110 cm³/mol. The highest BCUT2D eigenvalue weighted by Crippen LogP contribution is 2.42. The Balaban J connectivity index is 0.00000288. The summed E-state index contributed by atoms with van der Waals surface area (Å²) in [4.78, 5) is 4.62. The van der Waals surface area contributed by atoms with Gasteiger partial charge in [0.25, 0.3) is 0 Å². The predicted octanol–water partition coefficient (Wildman–Crippen LogP) is 3.06. The number of guanidine groups is 1. The summed E-state index contributed by atoms with van der Waals surface area (Å²) in [5.41, 5.74) is 7.41. The van der Waals surface area contributed by atoms with E-state index in [1.807, 2.05) is 13.0 Å². The largest absolute Gasteiger partial charge is 0.497 e. The van der Waals surface area contributed by atoms with Crippen molar-refractivity contribution in [2.75, 3.05) is 27.4 Å². The Hall–Kier alpha value is -1.02. The highest BCUT2D eigenvalue weighted by molar-refractivity contribution is 14.0. The van der Waals surface area contributed by atoms with Crippen molar-refractivity contribution >= 4 is 29.9 Å². The molecule has 1 atom stereocenters. The number of ether oxygens (including phenoxy) is 2. The van der Waals surface area contributed by atoms with Gasteiger partial charge in [0.15, 0.2) is 5.96 Å². The smallest absolute Gasteiger partial charge is 0.188 e. The molecule has 6 heteroatoms. The molecule has 0 saturated heterocycles. The van der Waals surface area contributed by atoms with E-state index in [-0.39, 0.29) is 35.4 Å². The molecule has 1 aliphatic carbocycles. The Bertz CT molecular complexity index is 531. The fraction of sp³-hybridized carbons (Fsp3) is 0.611. The summed E-state index contributed by atoms with van der Waals surface area (Å²) in [6, 6.07) is 8.51. The molecule has 1 aliphatic rings. The average molecular weight is 447 g/mol. The number of methoxy groups -OCH3 is 2. The van der Waals surface area contributed by atoms with E-state index in [0.717, 1.165) is 18.6 Å². The molecule has 0 spiro atoms. The van der Waals surface area contributed by atoms with E-state index in [2.05, 4.69) is 28.5 Å². The molecule has 1 fully saturated rings. The van der Waals surface area contributed by atoms with Gasteiger partial charge in [0, 0.05) is 18.6 Å². The molecule has 1 aromatic rings. The molecular formula is C18H30IN3O2. The first kappa shape index (κ1) is 21.0. The maximum atomic E-state index is 6.03. The summed E-state index contributed by atoms with van der Waals surface area (Å²) >= 11 is 0.